The number of aldehydes is 1. The van der Waals surface area contributed by atoms with Gasteiger partial charge in [-0.3, -0.25) is 4.79 Å². The second-order valence-corrected chi connectivity index (χ2v) is 6.29. The second-order valence-electron chi connectivity index (χ2n) is 6.29. The van der Waals surface area contributed by atoms with Gasteiger partial charge in [0, 0.05) is 0 Å². The predicted molar refractivity (Wildman–Crippen MR) is 95.8 cm³/mol. The van der Waals surface area contributed by atoms with Crippen molar-refractivity contribution in [2.45, 2.75) is 60.3 Å². The first-order valence-electron chi connectivity index (χ1n) is 8.15. The lowest BCUT2D eigenvalue weighted by molar-refractivity contribution is -0.105. The fraction of sp³-hybridized carbons (Fsp3) is 0.550. The molecule has 0 aliphatic heterocycles. The summed E-state index contributed by atoms with van der Waals surface area (Å²) in [6.07, 6.45) is 13.4. The smallest absolute Gasteiger partial charge is 0.146 e. The molecule has 2 heteroatoms. The minimum Gasteiger partial charge on any atom is -0.392 e. The Kier molecular flexibility index (Phi) is 11.4. The van der Waals surface area contributed by atoms with Gasteiger partial charge in [0.15, 0.2) is 0 Å². The Morgan fingerprint density at radius 2 is 1.45 bits per heavy atom. The lowest BCUT2D eigenvalue weighted by atomic mass is 10.0. The Balaban J connectivity index is 4.27. The quantitative estimate of drug-likeness (QED) is 0.262. The fourth-order valence-electron chi connectivity index (χ4n) is 1.95. The molecule has 1 N–H and O–H groups in total. The molecule has 0 unspecified atom stereocenters. The number of carbonyl (C=O) groups excluding carboxylic acids is 1. The number of carbonyl (C=O) groups is 1. The van der Waals surface area contributed by atoms with Crippen LogP contribution in [0.3, 0.4) is 0 Å². The summed E-state index contributed by atoms with van der Waals surface area (Å²) in [6.45, 7) is 10.4. The molecule has 0 aliphatic carbocycles. The summed E-state index contributed by atoms with van der Waals surface area (Å²) in [5.41, 5.74) is 4.56. The highest BCUT2D eigenvalue weighted by atomic mass is 16.3. The van der Waals surface area contributed by atoms with E-state index in [0.29, 0.717) is 0 Å². The maximum Gasteiger partial charge on any atom is 0.146 e. The molecule has 0 heterocycles. The molecule has 0 aliphatic rings. The lowest BCUT2D eigenvalue weighted by Gasteiger charge is -2.03. The summed E-state index contributed by atoms with van der Waals surface area (Å²) in [4.78, 5) is 10.9. The third kappa shape index (κ3) is 10.3. The van der Waals surface area contributed by atoms with Crippen molar-refractivity contribution < 1.29 is 9.90 Å². The molecular formula is C20H32O2. The van der Waals surface area contributed by atoms with Crippen molar-refractivity contribution in [3.05, 3.63) is 46.6 Å². The number of hydrogen-bond donors (Lipinski definition) is 1. The van der Waals surface area contributed by atoms with Gasteiger partial charge in [-0.25, -0.2) is 0 Å². The highest BCUT2D eigenvalue weighted by molar-refractivity contribution is 5.74. The number of allylic oxidation sites excluding steroid dienone is 7. The second kappa shape index (κ2) is 12.2. The molecular weight excluding hydrogens is 272 g/mol. The molecule has 0 fully saturated rings. The van der Waals surface area contributed by atoms with Crippen molar-refractivity contribution in [2.75, 3.05) is 6.61 Å². The summed E-state index contributed by atoms with van der Waals surface area (Å²) in [5.74, 6) is 0.277. The minimum absolute atomic E-state index is 0.152. The summed E-state index contributed by atoms with van der Waals surface area (Å²) in [5, 5.41) is 8.93. The van der Waals surface area contributed by atoms with E-state index in [9.17, 15) is 4.79 Å². The van der Waals surface area contributed by atoms with Gasteiger partial charge in [-0.05, 0) is 57.9 Å². The van der Waals surface area contributed by atoms with Crippen molar-refractivity contribution in [1.82, 2.24) is 0 Å². The van der Waals surface area contributed by atoms with E-state index in [-0.39, 0.29) is 12.5 Å². The van der Waals surface area contributed by atoms with E-state index in [1.807, 2.05) is 26.8 Å². The Labute approximate surface area is 136 Å². The van der Waals surface area contributed by atoms with E-state index in [2.05, 4.69) is 32.1 Å². The summed E-state index contributed by atoms with van der Waals surface area (Å²) in [7, 11) is 0. The zero-order valence-corrected chi connectivity index (χ0v) is 14.9. The molecule has 2 nitrogen and oxygen atoms in total. The van der Waals surface area contributed by atoms with Gasteiger partial charge in [-0.2, -0.15) is 0 Å². The molecule has 0 radical (unpaired) electrons. The SMILES string of the molecule is C/C(=C\CC/C(C)=C/CC/C(C)=C/C=C(\C=O)C(C)C)CO. The Morgan fingerprint density at radius 3 is 1.95 bits per heavy atom. The molecule has 0 saturated carbocycles. The first-order chi connectivity index (χ1) is 10.4. The van der Waals surface area contributed by atoms with Crippen molar-refractivity contribution in [1.29, 1.82) is 0 Å². The molecule has 0 aromatic carbocycles. The van der Waals surface area contributed by atoms with Crippen molar-refractivity contribution in [3.8, 4) is 0 Å². The van der Waals surface area contributed by atoms with E-state index in [1.54, 1.807) is 0 Å². The maximum atomic E-state index is 10.9. The van der Waals surface area contributed by atoms with Crippen LogP contribution in [-0.4, -0.2) is 18.0 Å². The highest BCUT2D eigenvalue weighted by Gasteiger charge is 1.99. The third-order valence-electron chi connectivity index (χ3n) is 3.68. The van der Waals surface area contributed by atoms with Crippen LogP contribution in [0.4, 0.5) is 0 Å². The molecule has 0 aromatic rings. The third-order valence-corrected chi connectivity index (χ3v) is 3.68. The summed E-state index contributed by atoms with van der Waals surface area (Å²) in [6, 6.07) is 0. The Bertz CT molecular complexity index is 448. The number of rotatable bonds is 10. The van der Waals surface area contributed by atoms with E-state index in [0.717, 1.165) is 43.1 Å². The molecule has 0 atom stereocenters. The molecule has 0 rings (SSSR count). The molecule has 0 spiro atoms. The summed E-state index contributed by atoms with van der Waals surface area (Å²) >= 11 is 0. The zero-order valence-electron chi connectivity index (χ0n) is 14.9. The van der Waals surface area contributed by atoms with Gasteiger partial charge in [-0.15, -0.1) is 0 Å². The van der Waals surface area contributed by atoms with Gasteiger partial charge in [0.05, 0.1) is 6.61 Å². The van der Waals surface area contributed by atoms with Crippen LogP contribution < -0.4 is 0 Å². The molecule has 22 heavy (non-hydrogen) atoms. The van der Waals surface area contributed by atoms with Crippen LogP contribution in [-0.2, 0) is 4.79 Å². The predicted octanol–water partition coefficient (Wildman–Crippen LogP) is 5.16. The molecule has 0 amide bonds. The van der Waals surface area contributed by atoms with Crippen molar-refractivity contribution >= 4 is 6.29 Å². The first kappa shape index (κ1) is 20.6. The Morgan fingerprint density at radius 1 is 0.909 bits per heavy atom. The molecule has 124 valence electrons. The minimum atomic E-state index is 0.152. The van der Waals surface area contributed by atoms with Crippen LogP contribution in [0.5, 0.6) is 0 Å². The monoisotopic (exact) mass is 304 g/mol. The normalized spacial score (nSPS) is 14.7. The summed E-state index contributed by atoms with van der Waals surface area (Å²) < 4.78 is 0. The van der Waals surface area contributed by atoms with Crippen LogP contribution >= 0.6 is 0 Å². The first-order valence-corrected chi connectivity index (χ1v) is 8.15. The zero-order chi connectivity index (χ0) is 17.0. The fourth-order valence-corrected chi connectivity index (χ4v) is 1.95. The number of aliphatic hydroxyl groups is 1. The average Bonchev–Trinajstić information content (AvgIpc) is 2.47. The van der Waals surface area contributed by atoms with Crippen LogP contribution in [0.15, 0.2) is 46.6 Å². The van der Waals surface area contributed by atoms with Crippen LogP contribution in [0.2, 0.25) is 0 Å². The van der Waals surface area contributed by atoms with E-state index in [4.69, 9.17) is 5.11 Å². The van der Waals surface area contributed by atoms with E-state index >= 15 is 0 Å². The average molecular weight is 304 g/mol. The number of aliphatic hydroxyl groups excluding tert-OH is 1. The van der Waals surface area contributed by atoms with Crippen LogP contribution in [0, 0.1) is 5.92 Å². The van der Waals surface area contributed by atoms with Gasteiger partial charge in [-0.1, -0.05) is 54.9 Å². The van der Waals surface area contributed by atoms with Crippen LogP contribution in [0.1, 0.15) is 60.3 Å². The maximum absolute atomic E-state index is 10.9. The Hall–Kier alpha value is -1.41. The van der Waals surface area contributed by atoms with Crippen LogP contribution in [0.25, 0.3) is 0 Å². The van der Waals surface area contributed by atoms with Gasteiger partial charge in [0.2, 0.25) is 0 Å². The lowest BCUT2D eigenvalue weighted by Crippen LogP contribution is -1.94. The van der Waals surface area contributed by atoms with E-state index in [1.165, 1.54) is 11.1 Å². The standard InChI is InChI=1S/C20H32O2/c1-16(2)20(15-22)13-12-18(4)10-6-8-17(3)9-7-11-19(5)14-21/h8,11-13,15-16,21H,6-7,9-10,14H2,1-5H3/b17-8+,18-12+,19-11+,20-13+. The van der Waals surface area contributed by atoms with Crippen molar-refractivity contribution in [3.63, 3.8) is 0 Å². The van der Waals surface area contributed by atoms with Gasteiger partial charge >= 0.3 is 0 Å². The van der Waals surface area contributed by atoms with Gasteiger partial charge in [0.1, 0.15) is 6.29 Å². The van der Waals surface area contributed by atoms with E-state index < -0.39 is 0 Å². The molecule has 0 bridgehead atoms. The van der Waals surface area contributed by atoms with Crippen molar-refractivity contribution in [2.24, 2.45) is 5.92 Å². The molecule has 0 saturated heterocycles. The number of hydrogen-bond acceptors (Lipinski definition) is 2. The topological polar surface area (TPSA) is 37.3 Å². The van der Waals surface area contributed by atoms with Gasteiger partial charge < -0.3 is 5.11 Å². The largest absolute Gasteiger partial charge is 0.392 e. The van der Waals surface area contributed by atoms with Gasteiger partial charge in [0.25, 0.3) is 0 Å². The molecule has 0 aromatic heterocycles. The highest BCUT2D eigenvalue weighted by Crippen LogP contribution is 2.13.